The van der Waals surface area contributed by atoms with Crippen LogP contribution in [0.15, 0.2) is 17.4 Å². The number of fused-ring (bicyclic) bond motifs is 5. The molecule has 8 atom stereocenters. The molecule has 4 aliphatic carbocycles. The molecule has 0 aromatic carbocycles. The molecule has 0 radical (unpaired) electrons. The molecule has 5 rings (SSSR count). The number of ether oxygens (including phenoxy) is 1. The molecule has 0 bridgehead atoms. The summed E-state index contributed by atoms with van der Waals surface area (Å²) in [5.41, 5.74) is 2.48. The van der Waals surface area contributed by atoms with Crippen molar-refractivity contribution in [1.29, 1.82) is 0 Å². The Morgan fingerprint density at radius 2 is 1.82 bits per heavy atom. The summed E-state index contributed by atoms with van der Waals surface area (Å²) in [6.07, 6.45) is 17.1. The summed E-state index contributed by atoms with van der Waals surface area (Å²) in [6.45, 7) is 16.6. The minimum absolute atomic E-state index is 0.253. The van der Waals surface area contributed by atoms with E-state index < -0.39 is 0 Å². The molecule has 34 heavy (non-hydrogen) atoms. The Balaban J connectivity index is 1.31. The number of rotatable bonds is 7. The van der Waals surface area contributed by atoms with Gasteiger partial charge in [0.2, 0.25) is 0 Å². The molecule has 0 amide bonds. The number of aliphatic imine (C=N–C) groups is 1. The molecule has 0 saturated heterocycles. The number of hydrogen-bond donors (Lipinski definition) is 0. The van der Waals surface area contributed by atoms with E-state index in [0.717, 1.165) is 48.7 Å². The molecule has 4 heteroatoms. The Bertz CT molecular complexity index is 876. The number of methoxy groups -OCH3 is 1. The van der Waals surface area contributed by atoms with Crippen molar-refractivity contribution in [3.8, 4) is 0 Å². The van der Waals surface area contributed by atoms with Gasteiger partial charge in [0.25, 0.3) is 0 Å². The highest BCUT2D eigenvalue weighted by Crippen LogP contribution is 2.68. The molecule has 0 N–H and O–H groups in total. The van der Waals surface area contributed by atoms with Gasteiger partial charge in [-0.05, 0) is 116 Å². The smallest absolute Gasteiger partial charge is 0.0663 e. The molecule has 4 saturated carbocycles. The predicted molar refractivity (Wildman–Crippen MR) is 140 cm³/mol. The van der Waals surface area contributed by atoms with Crippen LogP contribution >= 0.6 is 0 Å². The molecule has 190 valence electrons. The lowest BCUT2D eigenvalue weighted by molar-refractivity contribution is -0.117. The van der Waals surface area contributed by atoms with Crippen LogP contribution in [-0.4, -0.2) is 30.2 Å². The van der Waals surface area contributed by atoms with E-state index in [1.165, 1.54) is 63.4 Å². The van der Waals surface area contributed by atoms with Gasteiger partial charge in [-0.2, -0.15) is 5.10 Å². The Kier molecular flexibility index (Phi) is 6.53. The van der Waals surface area contributed by atoms with E-state index >= 15 is 0 Å². The fourth-order valence-electron chi connectivity index (χ4n) is 10.3. The van der Waals surface area contributed by atoms with Gasteiger partial charge in [-0.3, -0.25) is 9.67 Å². The molecule has 1 aromatic rings. The summed E-state index contributed by atoms with van der Waals surface area (Å²) in [4.78, 5) is 4.03. The Labute approximate surface area is 208 Å². The lowest BCUT2D eigenvalue weighted by atomic mass is 9.45. The lowest BCUT2D eigenvalue weighted by Gasteiger charge is -2.60. The minimum atomic E-state index is 0.253. The highest BCUT2D eigenvalue weighted by atomic mass is 16.5. The second-order valence-electron chi connectivity index (χ2n) is 13.9. The molecule has 4 aliphatic rings. The fraction of sp³-hybridized carbons (Fsp3) is 0.867. The zero-order valence-corrected chi connectivity index (χ0v) is 22.6. The van der Waals surface area contributed by atoms with Gasteiger partial charge in [0.1, 0.15) is 0 Å². The van der Waals surface area contributed by atoms with Crippen LogP contribution in [0.25, 0.3) is 0 Å². The summed E-state index contributed by atoms with van der Waals surface area (Å²) in [5.74, 6) is 5.39. The first-order valence-electron chi connectivity index (χ1n) is 14.1. The van der Waals surface area contributed by atoms with E-state index in [1.807, 2.05) is 13.3 Å². The lowest BCUT2D eigenvalue weighted by Crippen LogP contribution is -2.53. The van der Waals surface area contributed by atoms with E-state index in [1.54, 1.807) is 0 Å². The van der Waals surface area contributed by atoms with E-state index in [-0.39, 0.29) is 5.41 Å². The Morgan fingerprint density at radius 3 is 2.59 bits per heavy atom. The zero-order valence-electron chi connectivity index (χ0n) is 22.6. The summed E-state index contributed by atoms with van der Waals surface area (Å²) in [5, 5.41) is 4.68. The van der Waals surface area contributed by atoms with Crippen LogP contribution in [0.3, 0.4) is 0 Å². The maximum absolute atomic E-state index is 5.57. The SMILES string of the molecule is C=NCc1cnn(CC(C)(C)[C@H]2CCC3[C@@H]4CC[C@]5(C)C[C@@H](COC)CC[C@@H]5C4CC[C@@]32C)c1. The largest absolute Gasteiger partial charge is 0.384 e. The van der Waals surface area contributed by atoms with Crippen LogP contribution in [0, 0.1) is 51.8 Å². The van der Waals surface area contributed by atoms with Gasteiger partial charge in [0.15, 0.2) is 0 Å². The normalized spacial score (nSPS) is 42.0. The molecular formula is C30H49N3O. The molecule has 0 aliphatic heterocycles. The number of aromatic nitrogens is 2. The van der Waals surface area contributed by atoms with Crippen LogP contribution in [0.1, 0.15) is 91.0 Å². The maximum Gasteiger partial charge on any atom is 0.0663 e. The second kappa shape index (κ2) is 9.05. The van der Waals surface area contributed by atoms with Crippen LogP contribution in [0.5, 0.6) is 0 Å². The maximum atomic E-state index is 5.57. The van der Waals surface area contributed by atoms with Crippen molar-refractivity contribution in [2.24, 2.45) is 56.7 Å². The number of hydrogen-bond acceptors (Lipinski definition) is 3. The first-order chi connectivity index (χ1) is 16.2. The molecule has 0 spiro atoms. The topological polar surface area (TPSA) is 39.4 Å². The molecule has 4 fully saturated rings. The third-order valence-electron chi connectivity index (χ3n) is 11.5. The van der Waals surface area contributed by atoms with E-state index in [2.05, 4.69) is 55.4 Å². The van der Waals surface area contributed by atoms with Crippen molar-refractivity contribution in [3.05, 3.63) is 18.0 Å². The highest BCUT2D eigenvalue weighted by Gasteiger charge is 2.61. The first-order valence-corrected chi connectivity index (χ1v) is 14.1. The minimum Gasteiger partial charge on any atom is -0.384 e. The molecule has 2 unspecified atom stereocenters. The van der Waals surface area contributed by atoms with E-state index in [9.17, 15) is 0 Å². The Hall–Kier alpha value is -1.16. The standard InChI is InChI=1S/C30H49N3O/c1-28(2,20-33-18-22(16-31-5)17-32-33)27-10-9-26-24-11-13-29(3)15-21(19-34-6)7-8-25(29)23(24)12-14-30(26,27)4/h17-18,21,23-27H,5,7-16,19-20H2,1-4,6H3/t21-,23?,24+,25+,26?,27+,29+,30-/m0/s1. The van der Waals surface area contributed by atoms with Crippen LogP contribution in [0.2, 0.25) is 0 Å². The molecule has 1 heterocycles. The van der Waals surface area contributed by atoms with Crippen molar-refractivity contribution in [1.82, 2.24) is 9.78 Å². The molecular weight excluding hydrogens is 418 g/mol. The van der Waals surface area contributed by atoms with Gasteiger partial charge < -0.3 is 4.74 Å². The monoisotopic (exact) mass is 467 g/mol. The van der Waals surface area contributed by atoms with Crippen molar-refractivity contribution >= 4 is 6.72 Å². The van der Waals surface area contributed by atoms with Crippen molar-refractivity contribution in [2.75, 3.05) is 13.7 Å². The van der Waals surface area contributed by atoms with E-state index in [4.69, 9.17) is 4.74 Å². The van der Waals surface area contributed by atoms with Crippen LogP contribution in [0.4, 0.5) is 0 Å². The summed E-state index contributed by atoms with van der Waals surface area (Å²) in [6, 6.07) is 0. The summed E-state index contributed by atoms with van der Waals surface area (Å²) in [7, 11) is 1.88. The first kappa shape index (κ1) is 24.5. The van der Waals surface area contributed by atoms with Crippen molar-refractivity contribution in [2.45, 2.75) is 98.6 Å². The van der Waals surface area contributed by atoms with Gasteiger partial charge in [0, 0.05) is 32.0 Å². The molecule has 4 nitrogen and oxygen atoms in total. The van der Waals surface area contributed by atoms with E-state index in [0.29, 0.717) is 17.4 Å². The highest BCUT2D eigenvalue weighted by molar-refractivity contribution is 5.24. The average Bonchev–Trinajstić information content (AvgIpc) is 3.36. The Morgan fingerprint density at radius 1 is 1.09 bits per heavy atom. The summed E-state index contributed by atoms with van der Waals surface area (Å²) < 4.78 is 7.74. The van der Waals surface area contributed by atoms with Gasteiger partial charge in [-0.1, -0.05) is 27.7 Å². The molecule has 1 aromatic heterocycles. The second-order valence-corrected chi connectivity index (χ2v) is 13.9. The average molecular weight is 468 g/mol. The summed E-state index contributed by atoms with van der Waals surface area (Å²) >= 11 is 0. The predicted octanol–water partition coefficient (Wildman–Crippen LogP) is 7.03. The number of nitrogens with zero attached hydrogens (tertiary/aromatic N) is 3. The zero-order chi connectivity index (χ0) is 24.1. The van der Waals surface area contributed by atoms with Gasteiger partial charge in [0.05, 0.1) is 12.7 Å². The quantitative estimate of drug-likeness (QED) is 0.404. The van der Waals surface area contributed by atoms with Crippen LogP contribution < -0.4 is 0 Å². The third-order valence-corrected chi connectivity index (χ3v) is 11.5. The van der Waals surface area contributed by atoms with Crippen LogP contribution in [-0.2, 0) is 17.8 Å². The van der Waals surface area contributed by atoms with Gasteiger partial charge in [-0.15, -0.1) is 0 Å². The van der Waals surface area contributed by atoms with Gasteiger partial charge >= 0.3 is 0 Å². The van der Waals surface area contributed by atoms with Gasteiger partial charge in [-0.25, -0.2) is 0 Å². The van der Waals surface area contributed by atoms with Crippen molar-refractivity contribution in [3.63, 3.8) is 0 Å². The third kappa shape index (κ3) is 4.10. The fourth-order valence-corrected chi connectivity index (χ4v) is 10.3. The van der Waals surface area contributed by atoms with Crippen molar-refractivity contribution < 1.29 is 4.74 Å².